The number of rotatable bonds is 9. The lowest BCUT2D eigenvalue weighted by Crippen LogP contribution is -2.13. The Bertz CT molecular complexity index is 708. The van der Waals surface area contributed by atoms with Gasteiger partial charge >= 0.3 is 6.18 Å². The molecule has 0 radical (unpaired) electrons. The molecule has 8 heteroatoms. The Morgan fingerprint density at radius 2 is 1.92 bits per heavy atom. The lowest BCUT2D eigenvalue weighted by atomic mass is 10.2. The molecule has 0 fully saturated rings. The van der Waals surface area contributed by atoms with Crippen LogP contribution in [-0.4, -0.2) is 23.2 Å². The van der Waals surface area contributed by atoms with Gasteiger partial charge in [-0.2, -0.15) is 18.2 Å². The quantitative estimate of drug-likeness (QED) is 0.615. The van der Waals surface area contributed by atoms with E-state index in [1.165, 1.54) is 0 Å². The lowest BCUT2D eigenvalue weighted by molar-refractivity contribution is -0.139. The first-order valence-corrected chi connectivity index (χ1v) is 8.51. The summed E-state index contributed by atoms with van der Waals surface area (Å²) >= 11 is 0. The molecule has 0 unspecified atom stereocenters. The molecular formula is C18H22F3N3O2. The van der Waals surface area contributed by atoms with Crippen molar-refractivity contribution in [1.82, 2.24) is 9.97 Å². The number of hydrogen-bond acceptors (Lipinski definition) is 5. The van der Waals surface area contributed by atoms with Crippen LogP contribution in [0.2, 0.25) is 0 Å². The molecule has 1 aromatic heterocycles. The van der Waals surface area contributed by atoms with Crippen LogP contribution in [0.25, 0.3) is 0 Å². The van der Waals surface area contributed by atoms with Crippen LogP contribution in [0.4, 0.5) is 24.8 Å². The fraction of sp³-hybridized carbons (Fsp3) is 0.444. The molecule has 0 aliphatic carbocycles. The predicted octanol–water partition coefficient (Wildman–Crippen LogP) is 5.21. The van der Waals surface area contributed by atoms with E-state index in [1.54, 1.807) is 24.3 Å². The molecule has 142 valence electrons. The third-order valence-electron chi connectivity index (χ3n) is 3.45. The molecule has 0 saturated heterocycles. The zero-order valence-electron chi connectivity index (χ0n) is 14.8. The van der Waals surface area contributed by atoms with E-state index in [0.29, 0.717) is 24.5 Å². The molecule has 1 heterocycles. The van der Waals surface area contributed by atoms with Gasteiger partial charge in [-0.1, -0.05) is 25.8 Å². The van der Waals surface area contributed by atoms with Crippen LogP contribution in [0.3, 0.4) is 0 Å². The summed E-state index contributed by atoms with van der Waals surface area (Å²) in [6, 6.07) is 7.00. The van der Waals surface area contributed by atoms with Gasteiger partial charge in [0.05, 0.1) is 13.2 Å². The van der Waals surface area contributed by atoms with E-state index in [2.05, 4.69) is 15.3 Å². The molecule has 0 bridgehead atoms. The van der Waals surface area contributed by atoms with Crippen LogP contribution in [0, 0.1) is 0 Å². The first-order chi connectivity index (χ1) is 12.4. The third kappa shape index (κ3) is 5.79. The summed E-state index contributed by atoms with van der Waals surface area (Å²) in [4.78, 5) is 7.66. The molecule has 2 aromatic rings. The number of aromatic nitrogens is 2. The highest BCUT2D eigenvalue weighted by atomic mass is 19.4. The molecule has 0 aliphatic heterocycles. The molecule has 5 nitrogen and oxygen atoms in total. The fourth-order valence-corrected chi connectivity index (χ4v) is 2.21. The van der Waals surface area contributed by atoms with Crippen molar-refractivity contribution in [2.75, 3.05) is 18.5 Å². The molecule has 2 rings (SSSR count). The van der Waals surface area contributed by atoms with Crippen molar-refractivity contribution in [3.63, 3.8) is 0 Å². The minimum atomic E-state index is -4.58. The van der Waals surface area contributed by atoms with E-state index in [-0.39, 0.29) is 12.6 Å². The monoisotopic (exact) mass is 369 g/mol. The Balaban J connectivity index is 2.19. The van der Waals surface area contributed by atoms with E-state index in [0.717, 1.165) is 19.0 Å². The van der Waals surface area contributed by atoms with Crippen LogP contribution >= 0.6 is 0 Å². The number of anilines is 2. The van der Waals surface area contributed by atoms with Gasteiger partial charge in [-0.15, -0.1) is 0 Å². The third-order valence-corrected chi connectivity index (χ3v) is 3.45. The van der Waals surface area contributed by atoms with Gasteiger partial charge in [0.25, 0.3) is 0 Å². The second kappa shape index (κ2) is 9.26. The van der Waals surface area contributed by atoms with Crippen molar-refractivity contribution in [3.8, 4) is 11.6 Å². The summed E-state index contributed by atoms with van der Waals surface area (Å²) in [6.07, 6.45) is -1.36. The van der Waals surface area contributed by atoms with Crippen molar-refractivity contribution < 1.29 is 22.6 Å². The van der Waals surface area contributed by atoms with Crippen LogP contribution < -0.4 is 14.8 Å². The minimum absolute atomic E-state index is 0.0251. The summed E-state index contributed by atoms with van der Waals surface area (Å²) in [7, 11) is 0. The molecule has 0 amide bonds. The Labute approximate surface area is 150 Å². The van der Waals surface area contributed by atoms with E-state index in [1.807, 2.05) is 13.8 Å². The number of alkyl halides is 3. The Hall–Kier alpha value is -2.51. The first kappa shape index (κ1) is 19.8. The Kier molecular flexibility index (Phi) is 7.06. The van der Waals surface area contributed by atoms with Crippen molar-refractivity contribution in [3.05, 3.63) is 36.0 Å². The Morgan fingerprint density at radius 1 is 1.12 bits per heavy atom. The summed E-state index contributed by atoms with van der Waals surface area (Å²) < 4.78 is 50.0. The number of nitrogens with one attached hydrogen (secondary N) is 1. The maximum atomic E-state index is 13.1. The number of ether oxygens (including phenoxy) is 2. The highest BCUT2D eigenvalue weighted by molar-refractivity contribution is 5.56. The highest BCUT2D eigenvalue weighted by Crippen LogP contribution is 2.35. The zero-order chi connectivity index (χ0) is 19.0. The average Bonchev–Trinajstić information content (AvgIpc) is 2.58. The Morgan fingerprint density at radius 3 is 2.62 bits per heavy atom. The van der Waals surface area contributed by atoms with Crippen LogP contribution in [0.5, 0.6) is 11.6 Å². The van der Waals surface area contributed by atoms with Gasteiger partial charge in [0.2, 0.25) is 11.8 Å². The SMILES string of the molecule is CCCCCOc1nc(Nc2cccc(OCC)c2)ncc1C(F)(F)F. The number of nitrogens with zero attached hydrogens (tertiary/aromatic N) is 2. The summed E-state index contributed by atoms with van der Waals surface area (Å²) in [5.74, 6) is 0.199. The summed E-state index contributed by atoms with van der Waals surface area (Å²) in [5.41, 5.74) is -0.379. The fourth-order valence-electron chi connectivity index (χ4n) is 2.21. The summed E-state index contributed by atoms with van der Waals surface area (Å²) in [5, 5.41) is 2.87. The minimum Gasteiger partial charge on any atom is -0.494 e. The average molecular weight is 369 g/mol. The number of halogens is 3. The van der Waals surface area contributed by atoms with Crippen LogP contribution in [0.1, 0.15) is 38.7 Å². The largest absolute Gasteiger partial charge is 0.494 e. The predicted molar refractivity (Wildman–Crippen MR) is 92.9 cm³/mol. The molecule has 1 N–H and O–H groups in total. The molecular weight excluding hydrogens is 347 g/mol. The van der Waals surface area contributed by atoms with Crippen molar-refractivity contribution in [2.24, 2.45) is 0 Å². The standard InChI is InChI=1S/C18H22F3N3O2/c1-3-5-6-10-26-16-15(18(19,20)21)12-22-17(24-16)23-13-8-7-9-14(11-13)25-4-2/h7-9,11-12H,3-6,10H2,1-2H3,(H,22,23,24). The first-order valence-electron chi connectivity index (χ1n) is 8.51. The maximum Gasteiger partial charge on any atom is 0.423 e. The van der Waals surface area contributed by atoms with Crippen LogP contribution in [-0.2, 0) is 6.18 Å². The zero-order valence-corrected chi connectivity index (χ0v) is 14.8. The van der Waals surface area contributed by atoms with Gasteiger partial charge in [-0.05, 0) is 25.5 Å². The number of benzene rings is 1. The molecule has 0 spiro atoms. The molecule has 0 atom stereocenters. The van der Waals surface area contributed by atoms with Gasteiger partial charge in [0.15, 0.2) is 0 Å². The molecule has 0 saturated carbocycles. The highest BCUT2D eigenvalue weighted by Gasteiger charge is 2.36. The van der Waals surface area contributed by atoms with Crippen molar-refractivity contribution in [1.29, 1.82) is 0 Å². The molecule has 0 aliphatic rings. The van der Waals surface area contributed by atoms with E-state index < -0.39 is 17.6 Å². The van der Waals surface area contributed by atoms with Crippen LogP contribution in [0.15, 0.2) is 30.5 Å². The van der Waals surface area contributed by atoms with Gasteiger partial charge in [0, 0.05) is 18.0 Å². The molecule has 1 aromatic carbocycles. The second-order valence-electron chi connectivity index (χ2n) is 5.55. The van der Waals surface area contributed by atoms with Crippen molar-refractivity contribution >= 4 is 11.6 Å². The van der Waals surface area contributed by atoms with E-state index in [4.69, 9.17) is 9.47 Å². The van der Waals surface area contributed by atoms with Crippen molar-refractivity contribution in [2.45, 2.75) is 39.3 Å². The smallest absolute Gasteiger partial charge is 0.423 e. The lowest BCUT2D eigenvalue weighted by Gasteiger charge is -2.14. The summed E-state index contributed by atoms with van der Waals surface area (Å²) in [6.45, 7) is 4.55. The number of unbranched alkanes of at least 4 members (excludes halogenated alkanes) is 2. The van der Waals surface area contributed by atoms with Gasteiger partial charge in [0.1, 0.15) is 11.3 Å². The maximum absolute atomic E-state index is 13.1. The number of hydrogen-bond donors (Lipinski definition) is 1. The van der Waals surface area contributed by atoms with Gasteiger partial charge < -0.3 is 14.8 Å². The van der Waals surface area contributed by atoms with E-state index in [9.17, 15) is 13.2 Å². The second-order valence-corrected chi connectivity index (χ2v) is 5.55. The van der Waals surface area contributed by atoms with Gasteiger partial charge in [-0.25, -0.2) is 4.98 Å². The topological polar surface area (TPSA) is 56.3 Å². The normalized spacial score (nSPS) is 11.3. The molecule has 26 heavy (non-hydrogen) atoms. The van der Waals surface area contributed by atoms with E-state index >= 15 is 0 Å². The van der Waals surface area contributed by atoms with Gasteiger partial charge in [-0.3, -0.25) is 0 Å².